The van der Waals surface area contributed by atoms with Gasteiger partial charge in [-0.05, 0) is 225 Å². The highest BCUT2D eigenvalue weighted by atomic mass is 19.4. The molecule has 0 saturated heterocycles. The molecule has 0 N–H and O–H groups in total. The van der Waals surface area contributed by atoms with E-state index in [4.69, 9.17) is 32.9 Å². The van der Waals surface area contributed by atoms with Gasteiger partial charge in [-0.3, -0.25) is 0 Å². The highest BCUT2D eigenvalue weighted by molar-refractivity contribution is 6.15. The Bertz CT molecular complexity index is 5400. The number of rotatable bonds is 8. The van der Waals surface area contributed by atoms with Crippen molar-refractivity contribution in [2.45, 2.75) is 13.1 Å². The van der Waals surface area contributed by atoms with E-state index in [1.165, 1.54) is 24.3 Å². The summed E-state index contributed by atoms with van der Waals surface area (Å²) in [7, 11) is 0. The summed E-state index contributed by atoms with van der Waals surface area (Å²) in [6.07, 6.45) is -4.68. The Morgan fingerprint density at radius 1 is 0.352 bits per heavy atom. The van der Waals surface area contributed by atoms with Gasteiger partial charge in [0.1, 0.15) is 0 Å². The lowest BCUT2D eigenvalue weighted by molar-refractivity contribution is -0.137. The van der Waals surface area contributed by atoms with Crippen LogP contribution in [0, 0.1) is 85.1 Å². The van der Waals surface area contributed by atoms with Crippen molar-refractivity contribution in [3.8, 4) is 102 Å². The maximum absolute atomic E-state index is 14.8. The molecular formula is C77H36F3N11. The monoisotopic (exact) mass is 1170 g/mol. The molecule has 14 heteroatoms. The third-order valence-electron chi connectivity index (χ3n) is 16.2. The molecule has 0 unspecified atom stereocenters. The molecule has 420 valence electrons. The summed E-state index contributed by atoms with van der Waals surface area (Å²) in [6, 6.07) is 66.2. The molecule has 0 atom stereocenters. The summed E-state index contributed by atoms with van der Waals surface area (Å²) < 4.78 is 48.4. The summed E-state index contributed by atoms with van der Waals surface area (Å²) in [5.74, 6) is 0. The Kier molecular flexibility index (Phi) is 13.8. The quantitative estimate of drug-likeness (QED) is 0.140. The molecule has 0 aliphatic heterocycles. The molecule has 11 aromatic carbocycles. The van der Waals surface area contributed by atoms with E-state index in [-0.39, 0.29) is 34.0 Å². The van der Waals surface area contributed by atoms with Gasteiger partial charge in [0.05, 0.1) is 90.5 Å². The number of aromatic nitrogens is 2. The van der Waals surface area contributed by atoms with Crippen LogP contribution in [0.4, 0.5) is 41.6 Å². The molecule has 0 radical (unpaired) electrons. The zero-order chi connectivity index (χ0) is 63.4. The second-order valence-electron chi connectivity index (χ2n) is 21.7. The molecule has 13 aromatic rings. The second kappa shape index (κ2) is 22.3. The fourth-order valence-electron chi connectivity index (χ4n) is 12.2. The van der Waals surface area contributed by atoms with E-state index in [9.17, 15) is 34.2 Å². The topological polar surface area (TPSA) is 127 Å². The van der Waals surface area contributed by atoms with Crippen molar-refractivity contribution in [2.75, 3.05) is 0 Å². The fourth-order valence-corrected chi connectivity index (χ4v) is 12.2. The van der Waals surface area contributed by atoms with Crippen LogP contribution in [0.15, 0.2) is 200 Å². The van der Waals surface area contributed by atoms with E-state index < -0.39 is 11.7 Å². The molecule has 11 nitrogen and oxygen atoms in total. The third-order valence-corrected chi connectivity index (χ3v) is 16.2. The van der Waals surface area contributed by atoms with Crippen LogP contribution >= 0.6 is 0 Å². The van der Waals surface area contributed by atoms with E-state index in [0.29, 0.717) is 133 Å². The smallest absolute Gasteiger partial charge is 0.310 e. The first-order chi connectivity index (χ1) is 44.1. The van der Waals surface area contributed by atoms with Crippen molar-refractivity contribution in [3.05, 3.63) is 291 Å². The van der Waals surface area contributed by atoms with Crippen molar-refractivity contribution < 1.29 is 13.2 Å². The Hall–Kier alpha value is -13.8. The Morgan fingerprint density at radius 3 is 1.05 bits per heavy atom. The van der Waals surface area contributed by atoms with Crippen molar-refractivity contribution in [1.82, 2.24) is 9.13 Å². The maximum Gasteiger partial charge on any atom is 0.416 e. The van der Waals surface area contributed by atoms with Crippen LogP contribution in [0.25, 0.3) is 146 Å². The van der Waals surface area contributed by atoms with E-state index in [0.717, 1.165) is 22.9 Å². The van der Waals surface area contributed by atoms with E-state index in [1.807, 2.05) is 100 Å². The highest BCUT2D eigenvalue weighted by Crippen LogP contribution is 2.48. The standard InChI is InChI=1S/C77H36F3N11/c1-44-20-54(30-59(21-44)77(78,79)80)53-14-19-74(90-70-15-10-49(55-22-45(40-81)26-60(31-55)85-2)35-64(70)65-36-50(11-16-71(65)90)56-23-46(41-82)27-61(32-56)86-3)68(39-53)76-69(89-6)8-7-9-75(76)91-72-17-12-51(57-24-47(42-83)28-62(33-57)87-4)37-66(72)67-38-52(13-18-73(67)91)58-25-48(43-84)29-63(34-58)88-5/h7-39H,1H3. The van der Waals surface area contributed by atoms with Gasteiger partial charge < -0.3 is 9.13 Å². The van der Waals surface area contributed by atoms with E-state index in [2.05, 4.69) is 48.5 Å². The zero-order valence-corrected chi connectivity index (χ0v) is 47.6. The van der Waals surface area contributed by atoms with E-state index >= 15 is 0 Å². The summed E-state index contributed by atoms with van der Waals surface area (Å²) >= 11 is 0. The molecule has 0 saturated carbocycles. The molecule has 0 amide bonds. The minimum absolute atomic E-state index is 0.200. The third kappa shape index (κ3) is 9.97. The molecule has 0 spiro atoms. The summed E-state index contributed by atoms with van der Waals surface area (Å²) in [5, 5.41) is 43.1. The lowest BCUT2D eigenvalue weighted by Crippen LogP contribution is -2.05. The average molecular weight is 1170 g/mol. The minimum Gasteiger partial charge on any atom is -0.310 e. The number of hydrogen-bond acceptors (Lipinski definition) is 4. The Morgan fingerprint density at radius 2 is 0.703 bits per heavy atom. The Labute approximate surface area is 519 Å². The van der Waals surface area contributed by atoms with Gasteiger partial charge in [0.2, 0.25) is 0 Å². The van der Waals surface area contributed by atoms with Crippen LogP contribution in [-0.4, -0.2) is 9.13 Å². The number of alkyl halides is 3. The first-order valence-corrected chi connectivity index (χ1v) is 27.9. The molecule has 2 aromatic heterocycles. The lowest BCUT2D eigenvalue weighted by Gasteiger charge is -2.21. The second-order valence-corrected chi connectivity index (χ2v) is 21.7. The van der Waals surface area contributed by atoms with Crippen LogP contribution in [0.3, 0.4) is 0 Å². The molecular weight excluding hydrogens is 1140 g/mol. The van der Waals surface area contributed by atoms with Crippen LogP contribution < -0.4 is 0 Å². The van der Waals surface area contributed by atoms with Gasteiger partial charge in [-0.1, -0.05) is 48.5 Å². The van der Waals surface area contributed by atoms with Crippen molar-refractivity contribution in [3.63, 3.8) is 0 Å². The first-order valence-electron chi connectivity index (χ1n) is 27.9. The maximum atomic E-state index is 14.8. The molecule has 0 aliphatic rings. The van der Waals surface area contributed by atoms with Crippen LogP contribution in [0.2, 0.25) is 0 Å². The average Bonchev–Trinajstić information content (AvgIpc) is 1.62. The number of fused-ring (bicyclic) bond motifs is 6. The number of nitrogens with zero attached hydrogens (tertiary/aromatic N) is 11. The number of hydrogen-bond donors (Lipinski definition) is 0. The highest BCUT2D eigenvalue weighted by Gasteiger charge is 2.32. The molecule has 0 aliphatic carbocycles. The van der Waals surface area contributed by atoms with Gasteiger partial charge in [-0.2, -0.15) is 34.2 Å². The Balaban J connectivity index is 1.14. The van der Waals surface area contributed by atoms with Crippen LogP contribution in [0.1, 0.15) is 33.4 Å². The van der Waals surface area contributed by atoms with Crippen LogP contribution in [-0.2, 0) is 6.18 Å². The zero-order valence-electron chi connectivity index (χ0n) is 47.6. The summed E-state index contributed by atoms with van der Waals surface area (Å²) in [5.41, 5.74) is 12.5. The largest absolute Gasteiger partial charge is 0.416 e. The van der Waals surface area contributed by atoms with Gasteiger partial charge in [-0.15, -0.1) is 0 Å². The van der Waals surface area contributed by atoms with Crippen molar-refractivity contribution >= 4 is 72.0 Å². The minimum atomic E-state index is -4.68. The predicted octanol–water partition coefficient (Wildman–Crippen LogP) is 21.5. The van der Waals surface area contributed by atoms with Gasteiger partial charge >= 0.3 is 6.18 Å². The van der Waals surface area contributed by atoms with Gasteiger partial charge in [-0.25, -0.2) is 24.2 Å². The first kappa shape index (κ1) is 56.4. The number of benzene rings is 11. The van der Waals surface area contributed by atoms with Gasteiger partial charge in [0.15, 0.2) is 28.4 Å². The molecule has 91 heavy (non-hydrogen) atoms. The lowest BCUT2D eigenvalue weighted by atomic mass is 9.93. The molecule has 13 rings (SSSR count). The summed E-state index contributed by atoms with van der Waals surface area (Å²) in [4.78, 5) is 18.8. The molecule has 0 fully saturated rings. The number of nitriles is 4. The van der Waals surface area contributed by atoms with Crippen LogP contribution in [0.5, 0.6) is 0 Å². The number of aryl methyl sites for hydroxylation is 1. The van der Waals surface area contributed by atoms with E-state index in [1.54, 1.807) is 79.7 Å². The van der Waals surface area contributed by atoms with Gasteiger partial charge in [0.25, 0.3) is 0 Å². The normalized spacial score (nSPS) is 11.0. The molecule has 0 bridgehead atoms. The SMILES string of the molecule is [C-]#[N+]c1cc(C#N)cc(-c2ccc3c(c2)c2cc(-c4cc(C#N)cc([N+]#[C-])c4)ccc2n3-c2ccc(-c3cc(C)cc(C(F)(F)F)c3)cc2-c2c([N+]#[C-])cccc2-n2c3ccc(-c4cc(C#N)cc([N+]#[C-])c4)cc3c3cc(-c4cc(C#N)cc([N+]#[C-])c4)ccc32)c1. The summed E-state index contributed by atoms with van der Waals surface area (Å²) in [6.45, 7) is 42.0. The van der Waals surface area contributed by atoms with Gasteiger partial charge in [0, 0.05) is 55.0 Å². The fraction of sp³-hybridized carbons (Fsp3) is 0.0260. The molecule has 2 heterocycles. The number of halogens is 3. The predicted molar refractivity (Wildman–Crippen MR) is 348 cm³/mol. The van der Waals surface area contributed by atoms with Crippen molar-refractivity contribution in [1.29, 1.82) is 21.0 Å². The van der Waals surface area contributed by atoms with Crippen molar-refractivity contribution in [2.24, 2.45) is 0 Å².